The van der Waals surface area contributed by atoms with Gasteiger partial charge in [-0.3, -0.25) is 9.59 Å². The lowest BCUT2D eigenvalue weighted by Gasteiger charge is -2.33. The van der Waals surface area contributed by atoms with E-state index in [0.717, 1.165) is 5.56 Å². The molecule has 0 unspecified atom stereocenters. The number of carbonyl (C=O) groups is 2. The molecule has 7 nitrogen and oxygen atoms in total. The molecule has 32 heavy (non-hydrogen) atoms. The highest BCUT2D eigenvalue weighted by Crippen LogP contribution is 2.38. The fourth-order valence-electron chi connectivity index (χ4n) is 4.29. The van der Waals surface area contributed by atoms with Gasteiger partial charge in [0.25, 0.3) is 0 Å². The minimum absolute atomic E-state index is 0.107. The summed E-state index contributed by atoms with van der Waals surface area (Å²) in [7, 11) is -3.66. The van der Waals surface area contributed by atoms with Crippen molar-refractivity contribution in [3.8, 4) is 0 Å². The summed E-state index contributed by atoms with van der Waals surface area (Å²) >= 11 is 0. The number of aryl methyl sites for hydroxylation is 1. The topological polar surface area (TPSA) is 79.7 Å². The van der Waals surface area contributed by atoms with Crippen molar-refractivity contribution in [1.29, 1.82) is 0 Å². The van der Waals surface area contributed by atoms with Gasteiger partial charge in [0.15, 0.2) is 5.78 Å². The summed E-state index contributed by atoms with van der Waals surface area (Å²) in [5.41, 5.74) is 3.93. The first-order valence-corrected chi connectivity index (χ1v) is 12.4. The molecule has 0 atom stereocenters. The quantitative estimate of drug-likeness (QED) is 0.495. The number of rotatable bonds is 6. The normalized spacial score (nSPS) is 17.8. The van der Waals surface area contributed by atoms with E-state index in [2.05, 4.69) is 24.5 Å². The van der Waals surface area contributed by atoms with Gasteiger partial charge in [-0.1, -0.05) is 12.1 Å². The minimum atomic E-state index is -3.66. The van der Waals surface area contributed by atoms with Gasteiger partial charge in [0.2, 0.25) is 15.9 Å². The molecular weight excluding hydrogens is 426 g/mol. The van der Waals surface area contributed by atoms with E-state index in [1.807, 2.05) is 6.08 Å². The van der Waals surface area contributed by atoms with E-state index in [0.29, 0.717) is 24.7 Å². The predicted octanol–water partition coefficient (Wildman–Crippen LogP) is 3.19. The number of ketones is 1. The summed E-state index contributed by atoms with van der Waals surface area (Å²) in [6.45, 7) is 6.79. The number of sulfonamides is 1. The SMILES string of the molecule is CC(=O)c1ccc(S(=O)(=O)N2CCN(C(=O)C=Cc3cc(C)n(C4CC4)c3C)CC2)cc1. The second-order valence-corrected chi connectivity index (χ2v) is 10.5. The van der Waals surface area contributed by atoms with Crippen LogP contribution in [0.5, 0.6) is 0 Å². The molecule has 2 aliphatic rings. The zero-order chi connectivity index (χ0) is 23.0. The van der Waals surface area contributed by atoms with Gasteiger partial charge in [-0.15, -0.1) is 0 Å². The first-order chi connectivity index (χ1) is 15.2. The highest BCUT2D eigenvalue weighted by molar-refractivity contribution is 7.89. The van der Waals surface area contributed by atoms with Gasteiger partial charge in [0, 0.05) is 55.2 Å². The summed E-state index contributed by atoms with van der Waals surface area (Å²) in [6.07, 6.45) is 5.88. The highest BCUT2D eigenvalue weighted by Gasteiger charge is 2.30. The van der Waals surface area contributed by atoms with E-state index in [-0.39, 0.29) is 29.7 Å². The lowest BCUT2D eigenvalue weighted by molar-refractivity contribution is -0.127. The molecule has 0 spiro atoms. The third-order valence-electron chi connectivity index (χ3n) is 6.29. The Balaban J connectivity index is 1.38. The Morgan fingerprint density at radius 3 is 2.19 bits per heavy atom. The summed E-state index contributed by atoms with van der Waals surface area (Å²) in [5, 5.41) is 0. The summed E-state index contributed by atoms with van der Waals surface area (Å²) in [4.78, 5) is 25.9. The predicted molar refractivity (Wildman–Crippen MR) is 123 cm³/mol. The van der Waals surface area contributed by atoms with Gasteiger partial charge < -0.3 is 9.47 Å². The van der Waals surface area contributed by atoms with Crippen molar-refractivity contribution in [3.63, 3.8) is 0 Å². The molecule has 1 aliphatic carbocycles. The van der Waals surface area contributed by atoms with E-state index < -0.39 is 10.0 Å². The number of aromatic nitrogens is 1. The molecule has 0 N–H and O–H groups in total. The van der Waals surface area contributed by atoms with Crippen molar-refractivity contribution >= 4 is 27.8 Å². The molecule has 2 fully saturated rings. The number of hydrogen-bond donors (Lipinski definition) is 0. The number of Topliss-reactive ketones (excluding diaryl/α,β-unsaturated/α-hetero) is 1. The summed E-state index contributed by atoms with van der Waals surface area (Å²) in [5.74, 6) is -0.215. The maximum atomic E-state index is 12.9. The lowest BCUT2D eigenvalue weighted by atomic mass is 10.2. The smallest absolute Gasteiger partial charge is 0.246 e. The highest BCUT2D eigenvalue weighted by atomic mass is 32.2. The van der Waals surface area contributed by atoms with Crippen molar-refractivity contribution in [2.75, 3.05) is 26.2 Å². The van der Waals surface area contributed by atoms with Gasteiger partial charge in [0.05, 0.1) is 4.90 Å². The number of piperazine rings is 1. The van der Waals surface area contributed by atoms with E-state index in [1.54, 1.807) is 11.0 Å². The van der Waals surface area contributed by atoms with Crippen molar-refractivity contribution in [2.24, 2.45) is 0 Å². The standard InChI is InChI=1S/C24H29N3O4S/c1-17-16-21(18(2)27(17)22-7-8-22)6-11-24(29)25-12-14-26(15-13-25)32(30,31)23-9-4-20(5-10-23)19(3)28/h4-6,9-11,16,22H,7-8,12-15H2,1-3H3. The van der Waals surface area contributed by atoms with Gasteiger partial charge in [-0.05, 0) is 63.5 Å². The maximum absolute atomic E-state index is 12.9. The van der Waals surface area contributed by atoms with Crippen molar-refractivity contribution in [3.05, 3.63) is 58.9 Å². The van der Waals surface area contributed by atoms with E-state index in [9.17, 15) is 18.0 Å². The van der Waals surface area contributed by atoms with Crippen LogP contribution in [-0.4, -0.2) is 60.1 Å². The van der Waals surface area contributed by atoms with Crippen molar-refractivity contribution in [1.82, 2.24) is 13.8 Å². The van der Waals surface area contributed by atoms with Gasteiger partial charge in [-0.2, -0.15) is 4.31 Å². The molecule has 0 radical (unpaired) electrons. The van der Waals surface area contributed by atoms with E-state index in [1.165, 1.54) is 59.7 Å². The fraction of sp³-hybridized carbons (Fsp3) is 0.417. The first-order valence-electron chi connectivity index (χ1n) is 10.9. The summed E-state index contributed by atoms with van der Waals surface area (Å²) < 4.78 is 29.6. The third-order valence-corrected chi connectivity index (χ3v) is 8.20. The molecule has 1 saturated heterocycles. The molecule has 1 aromatic carbocycles. The fourth-order valence-corrected chi connectivity index (χ4v) is 5.71. The molecule has 1 aromatic heterocycles. The average molecular weight is 456 g/mol. The number of carbonyl (C=O) groups excluding carboxylic acids is 2. The van der Waals surface area contributed by atoms with Crippen LogP contribution in [0.15, 0.2) is 41.3 Å². The van der Waals surface area contributed by atoms with Crippen LogP contribution in [0.4, 0.5) is 0 Å². The van der Waals surface area contributed by atoms with Crippen LogP contribution >= 0.6 is 0 Å². The number of benzene rings is 1. The van der Waals surface area contributed by atoms with Crippen LogP contribution in [0.1, 0.15) is 53.1 Å². The first kappa shape index (κ1) is 22.5. The van der Waals surface area contributed by atoms with Crippen molar-refractivity contribution < 1.29 is 18.0 Å². The van der Waals surface area contributed by atoms with Crippen LogP contribution in [0.3, 0.4) is 0 Å². The van der Waals surface area contributed by atoms with Gasteiger partial charge in [-0.25, -0.2) is 8.42 Å². The molecule has 8 heteroatoms. The molecule has 2 aromatic rings. The Morgan fingerprint density at radius 2 is 1.62 bits per heavy atom. The Kier molecular flexibility index (Phi) is 6.09. The Hall–Kier alpha value is -2.71. The molecule has 4 rings (SSSR count). The number of hydrogen-bond acceptors (Lipinski definition) is 4. The van der Waals surface area contributed by atoms with Crippen LogP contribution in [0, 0.1) is 13.8 Å². The Morgan fingerprint density at radius 1 is 1.00 bits per heavy atom. The molecule has 0 bridgehead atoms. The Bertz CT molecular complexity index is 1170. The molecule has 1 saturated carbocycles. The van der Waals surface area contributed by atoms with E-state index >= 15 is 0 Å². The maximum Gasteiger partial charge on any atom is 0.246 e. The molecule has 170 valence electrons. The lowest BCUT2D eigenvalue weighted by Crippen LogP contribution is -2.50. The van der Waals surface area contributed by atoms with Crippen molar-refractivity contribution in [2.45, 2.75) is 44.6 Å². The zero-order valence-electron chi connectivity index (χ0n) is 18.7. The second kappa shape index (κ2) is 8.67. The largest absolute Gasteiger partial charge is 0.346 e. The van der Waals surface area contributed by atoms with Gasteiger partial charge in [0.1, 0.15) is 0 Å². The molecule has 2 heterocycles. The van der Waals surface area contributed by atoms with E-state index in [4.69, 9.17) is 0 Å². The van der Waals surface area contributed by atoms with Crippen LogP contribution in [0.2, 0.25) is 0 Å². The number of nitrogens with zero attached hydrogens (tertiary/aromatic N) is 3. The second-order valence-electron chi connectivity index (χ2n) is 8.57. The minimum Gasteiger partial charge on any atom is -0.346 e. The molecule has 1 amide bonds. The zero-order valence-corrected chi connectivity index (χ0v) is 19.6. The average Bonchev–Trinajstić information content (AvgIpc) is 3.57. The molecule has 1 aliphatic heterocycles. The van der Waals surface area contributed by atoms with Crippen LogP contribution < -0.4 is 0 Å². The number of amides is 1. The Labute approximate surface area is 189 Å². The van der Waals surface area contributed by atoms with Crippen LogP contribution in [0.25, 0.3) is 6.08 Å². The van der Waals surface area contributed by atoms with Gasteiger partial charge >= 0.3 is 0 Å². The van der Waals surface area contributed by atoms with Crippen LogP contribution in [-0.2, 0) is 14.8 Å². The third kappa shape index (κ3) is 4.42. The summed E-state index contributed by atoms with van der Waals surface area (Å²) in [6, 6.07) is 8.69. The molecular formula is C24H29N3O4S. The monoisotopic (exact) mass is 455 g/mol.